The summed E-state index contributed by atoms with van der Waals surface area (Å²) in [5.74, 6) is 1.32. The maximum atomic E-state index is 5.28. The van der Waals surface area contributed by atoms with Gasteiger partial charge in [0.15, 0.2) is 11.6 Å². The summed E-state index contributed by atoms with van der Waals surface area (Å²) in [4.78, 5) is 20.1. The van der Waals surface area contributed by atoms with E-state index in [9.17, 15) is 0 Å². The van der Waals surface area contributed by atoms with Crippen molar-refractivity contribution < 1.29 is 0 Å². The first kappa shape index (κ1) is 32.9. The van der Waals surface area contributed by atoms with Crippen LogP contribution in [0.4, 0.5) is 0 Å². The fourth-order valence-corrected chi connectivity index (χ4v) is 10.4. The third-order valence-corrected chi connectivity index (χ3v) is 13.0. The van der Waals surface area contributed by atoms with Crippen LogP contribution in [0.15, 0.2) is 182 Å². The molecule has 1 unspecified atom stereocenters. The molecular formula is C53H32N4S. The lowest BCUT2D eigenvalue weighted by Gasteiger charge is -2.35. The first-order valence-corrected chi connectivity index (χ1v) is 20.3. The summed E-state index contributed by atoms with van der Waals surface area (Å²) in [6, 6.07) is 60.8. The van der Waals surface area contributed by atoms with Crippen molar-refractivity contribution in [1.29, 1.82) is 0 Å². The summed E-state index contributed by atoms with van der Waals surface area (Å²) in [5, 5.41) is 2.61. The van der Waals surface area contributed by atoms with Gasteiger partial charge in [-0.15, -0.1) is 11.3 Å². The topological polar surface area (TPSA) is 51.6 Å². The van der Waals surface area contributed by atoms with E-state index in [0.717, 1.165) is 33.6 Å². The molecule has 10 aromatic rings. The summed E-state index contributed by atoms with van der Waals surface area (Å²) >= 11 is 1.87. The van der Waals surface area contributed by atoms with E-state index in [1.165, 1.54) is 64.7 Å². The Morgan fingerprint density at radius 1 is 0.379 bits per heavy atom. The first-order chi connectivity index (χ1) is 28.7. The highest BCUT2D eigenvalue weighted by molar-refractivity contribution is 7.25. The van der Waals surface area contributed by atoms with Crippen LogP contribution in [0, 0.1) is 0 Å². The van der Waals surface area contributed by atoms with Gasteiger partial charge in [0.1, 0.15) is 0 Å². The summed E-state index contributed by atoms with van der Waals surface area (Å²) in [7, 11) is 0. The molecule has 4 nitrogen and oxygen atoms in total. The van der Waals surface area contributed by atoms with Gasteiger partial charge in [-0.3, -0.25) is 0 Å². The van der Waals surface area contributed by atoms with Crippen molar-refractivity contribution in [1.82, 2.24) is 19.9 Å². The molecule has 0 fully saturated rings. The molecule has 3 aromatic heterocycles. The van der Waals surface area contributed by atoms with E-state index in [-0.39, 0.29) is 0 Å². The lowest BCUT2D eigenvalue weighted by molar-refractivity contribution is 0.767. The summed E-state index contributed by atoms with van der Waals surface area (Å²) in [5.41, 5.74) is 14.8. The molecule has 0 saturated heterocycles. The Kier molecular flexibility index (Phi) is 7.28. The van der Waals surface area contributed by atoms with E-state index in [1.807, 2.05) is 78.3 Å². The molecule has 1 spiro atoms. The van der Waals surface area contributed by atoms with Gasteiger partial charge in [0.05, 0.1) is 16.8 Å². The molecule has 0 radical (unpaired) electrons. The zero-order valence-corrected chi connectivity index (χ0v) is 32.0. The number of benzene rings is 7. The van der Waals surface area contributed by atoms with Crippen molar-refractivity contribution in [3.63, 3.8) is 0 Å². The maximum Gasteiger partial charge on any atom is 0.160 e. The lowest BCUT2D eigenvalue weighted by Crippen LogP contribution is -2.30. The molecule has 12 rings (SSSR count). The largest absolute Gasteiger partial charge is 0.236 e. The van der Waals surface area contributed by atoms with Crippen LogP contribution in [-0.2, 0) is 5.41 Å². The van der Waals surface area contributed by atoms with Crippen molar-refractivity contribution >= 4 is 43.7 Å². The third kappa shape index (κ3) is 4.93. The second-order valence-electron chi connectivity index (χ2n) is 15.0. The van der Waals surface area contributed by atoms with Crippen LogP contribution in [0.5, 0.6) is 0 Å². The SMILES string of the molecule is C1=Cc2ccc(-c3nc(-c4ccccc4)cc(-c4cnc(-c5ccccc5)nc4)n3)cc2C2(c3ccccc31)c1ccccc1-c1cc3c(cc12)sc1ccccc13. The van der Waals surface area contributed by atoms with Crippen molar-refractivity contribution in [3.8, 4) is 56.4 Å². The van der Waals surface area contributed by atoms with Crippen LogP contribution in [0.1, 0.15) is 33.4 Å². The zero-order chi connectivity index (χ0) is 38.2. The standard InChI is InChI=1S/C53H32N4S/c1-3-14-35(15-4-1)47-30-48(38-31-54-51(55-32-38)36-16-5-2-6-17-36)57-52(56-47)37-26-25-34-24-23-33-13-7-10-20-43(33)53(45(34)27-37)44-21-11-8-18-39(44)41-28-42-40-19-9-12-22-49(40)58-50(42)29-46(41)53/h1-32H. The molecule has 5 heteroatoms. The number of rotatable bonds is 4. The fourth-order valence-electron chi connectivity index (χ4n) is 9.23. The van der Waals surface area contributed by atoms with Gasteiger partial charge < -0.3 is 0 Å². The predicted octanol–water partition coefficient (Wildman–Crippen LogP) is 13.1. The van der Waals surface area contributed by atoms with Crippen LogP contribution in [0.3, 0.4) is 0 Å². The van der Waals surface area contributed by atoms with Gasteiger partial charge in [0.25, 0.3) is 0 Å². The van der Waals surface area contributed by atoms with Gasteiger partial charge in [0.2, 0.25) is 0 Å². The number of thiophene rings is 1. The van der Waals surface area contributed by atoms with Crippen molar-refractivity contribution in [2.24, 2.45) is 0 Å². The van der Waals surface area contributed by atoms with Crippen LogP contribution in [0.2, 0.25) is 0 Å². The molecule has 2 aliphatic rings. The average Bonchev–Trinajstić information content (AvgIpc) is 3.75. The van der Waals surface area contributed by atoms with Crippen LogP contribution >= 0.6 is 11.3 Å². The summed E-state index contributed by atoms with van der Waals surface area (Å²) in [6.45, 7) is 0. The van der Waals surface area contributed by atoms with E-state index in [2.05, 4.69) is 127 Å². The van der Waals surface area contributed by atoms with Crippen molar-refractivity contribution in [2.75, 3.05) is 0 Å². The Labute approximate surface area is 339 Å². The van der Waals surface area contributed by atoms with Crippen LogP contribution in [0.25, 0.3) is 88.7 Å². The number of nitrogens with zero attached hydrogens (tertiary/aromatic N) is 4. The molecule has 0 saturated carbocycles. The number of fused-ring (bicyclic) bond motifs is 12. The summed E-state index contributed by atoms with van der Waals surface area (Å²) in [6.07, 6.45) is 8.30. The van der Waals surface area contributed by atoms with E-state index in [0.29, 0.717) is 11.6 Å². The Bertz CT molecular complexity index is 3280. The Morgan fingerprint density at radius 2 is 1.03 bits per heavy atom. The van der Waals surface area contributed by atoms with Crippen molar-refractivity contribution in [3.05, 3.63) is 216 Å². The molecule has 0 amide bonds. The van der Waals surface area contributed by atoms with Gasteiger partial charge >= 0.3 is 0 Å². The highest BCUT2D eigenvalue weighted by Gasteiger charge is 2.49. The molecule has 7 aromatic carbocycles. The molecule has 0 N–H and O–H groups in total. The minimum atomic E-state index is -0.595. The minimum absolute atomic E-state index is 0.595. The second-order valence-corrected chi connectivity index (χ2v) is 16.1. The number of hydrogen-bond acceptors (Lipinski definition) is 5. The van der Waals surface area contributed by atoms with E-state index in [4.69, 9.17) is 19.9 Å². The predicted molar refractivity (Wildman–Crippen MR) is 238 cm³/mol. The van der Waals surface area contributed by atoms with Crippen LogP contribution in [-0.4, -0.2) is 19.9 Å². The molecule has 0 aliphatic heterocycles. The molecule has 270 valence electrons. The van der Waals surface area contributed by atoms with Gasteiger partial charge in [-0.05, 0) is 74.8 Å². The average molecular weight is 757 g/mol. The van der Waals surface area contributed by atoms with E-state index >= 15 is 0 Å². The lowest BCUT2D eigenvalue weighted by atomic mass is 9.65. The minimum Gasteiger partial charge on any atom is -0.236 e. The maximum absolute atomic E-state index is 5.28. The number of aromatic nitrogens is 4. The molecule has 1 atom stereocenters. The van der Waals surface area contributed by atoms with Crippen LogP contribution < -0.4 is 0 Å². The molecule has 58 heavy (non-hydrogen) atoms. The van der Waals surface area contributed by atoms with E-state index in [1.54, 1.807) is 0 Å². The highest BCUT2D eigenvalue weighted by atomic mass is 32.1. The van der Waals surface area contributed by atoms with Gasteiger partial charge in [-0.1, -0.05) is 152 Å². The zero-order valence-electron chi connectivity index (χ0n) is 31.2. The Balaban J connectivity index is 1.11. The quantitative estimate of drug-likeness (QED) is 0.179. The summed E-state index contributed by atoms with van der Waals surface area (Å²) < 4.78 is 2.60. The van der Waals surface area contributed by atoms with E-state index < -0.39 is 5.41 Å². The molecule has 0 bridgehead atoms. The normalized spacial score (nSPS) is 14.9. The third-order valence-electron chi connectivity index (χ3n) is 11.8. The Morgan fingerprint density at radius 3 is 1.84 bits per heavy atom. The Hall–Kier alpha value is -7.34. The monoisotopic (exact) mass is 756 g/mol. The second kappa shape index (κ2) is 12.8. The first-order valence-electron chi connectivity index (χ1n) is 19.5. The molecule has 3 heterocycles. The number of hydrogen-bond donors (Lipinski definition) is 0. The molecule has 2 aliphatic carbocycles. The smallest absolute Gasteiger partial charge is 0.160 e. The molecular weight excluding hydrogens is 725 g/mol. The van der Waals surface area contributed by atoms with Gasteiger partial charge in [0, 0.05) is 54.8 Å². The van der Waals surface area contributed by atoms with Gasteiger partial charge in [-0.25, -0.2) is 19.9 Å². The van der Waals surface area contributed by atoms with Crippen molar-refractivity contribution in [2.45, 2.75) is 5.41 Å². The highest BCUT2D eigenvalue weighted by Crippen LogP contribution is 2.60. The fraction of sp³-hybridized carbons (Fsp3) is 0.0189. The van der Waals surface area contributed by atoms with Gasteiger partial charge in [-0.2, -0.15) is 0 Å².